The molecule has 3 heterocycles. The Bertz CT molecular complexity index is 770. The van der Waals surface area contributed by atoms with Crippen LogP contribution in [0.25, 0.3) is 0 Å². The molecule has 0 spiro atoms. The molecule has 0 aromatic heterocycles. The Morgan fingerprint density at radius 3 is 2.47 bits per heavy atom. The summed E-state index contributed by atoms with van der Waals surface area (Å²) in [5, 5.41) is 0.752. The fourth-order valence-electron chi connectivity index (χ4n) is 5.14. The minimum Gasteiger partial charge on any atom is -0.444 e. The molecule has 5 nitrogen and oxygen atoms in total. The van der Waals surface area contributed by atoms with Gasteiger partial charge < -0.3 is 14.5 Å². The maximum atomic E-state index is 13.1. The third-order valence-electron chi connectivity index (χ3n) is 6.50. The Morgan fingerprint density at radius 2 is 1.87 bits per heavy atom. The van der Waals surface area contributed by atoms with Crippen LogP contribution in [0, 0.1) is 17.8 Å². The number of para-hydroxylation sites is 1. The van der Waals surface area contributed by atoms with Crippen molar-refractivity contribution in [3.05, 3.63) is 28.8 Å². The lowest BCUT2D eigenvalue weighted by Crippen LogP contribution is -2.37. The summed E-state index contributed by atoms with van der Waals surface area (Å²) in [4.78, 5) is 19.0. The van der Waals surface area contributed by atoms with Crippen LogP contribution in [0.1, 0.15) is 32.8 Å². The monoisotopic (exact) mass is 437 g/mol. The number of rotatable bonds is 4. The predicted octanol–water partition coefficient (Wildman–Crippen LogP) is 4.43. The number of carbonyl (C=O) groups is 1. The van der Waals surface area contributed by atoms with Crippen LogP contribution in [0.2, 0.25) is 5.02 Å². The normalized spacial score (nSPS) is 27.0. The van der Waals surface area contributed by atoms with Gasteiger partial charge in [-0.05, 0) is 50.7 Å². The highest BCUT2D eigenvalue weighted by Gasteiger charge is 2.42. The van der Waals surface area contributed by atoms with Gasteiger partial charge in [0.1, 0.15) is 5.60 Å². The Labute approximate surface area is 184 Å². The van der Waals surface area contributed by atoms with Gasteiger partial charge in [-0.15, -0.1) is 0 Å². The number of likely N-dealkylation sites (tertiary alicyclic amines) is 2. The van der Waals surface area contributed by atoms with Crippen molar-refractivity contribution in [3.8, 4) is 0 Å². The van der Waals surface area contributed by atoms with E-state index in [0.717, 1.165) is 62.9 Å². The third-order valence-corrected chi connectivity index (χ3v) is 6.80. The number of amides is 1. The zero-order valence-electron chi connectivity index (χ0n) is 18.2. The molecule has 166 valence electrons. The summed E-state index contributed by atoms with van der Waals surface area (Å²) in [5.41, 5.74) is 1.83. The molecule has 4 rings (SSSR count). The highest BCUT2D eigenvalue weighted by atomic mass is 35.5. The summed E-state index contributed by atoms with van der Waals surface area (Å²) in [7, 11) is 0. The Hall–Kier alpha value is -1.53. The number of benzene rings is 1. The van der Waals surface area contributed by atoms with Crippen molar-refractivity contribution in [3.63, 3.8) is 0 Å². The first-order valence-corrected chi connectivity index (χ1v) is 11.4. The van der Waals surface area contributed by atoms with Gasteiger partial charge in [0.15, 0.2) is 0 Å². The highest BCUT2D eigenvalue weighted by molar-refractivity contribution is 6.33. The van der Waals surface area contributed by atoms with Gasteiger partial charge in [-0.2, -0.15) is 0 Å². The van der Waals surface area contributed by atoms with Gasteiger partial charge in [-0.1, -0.05) is 23.7 Å². The number of alkyl halides is 1. The van der Waals surface area contributed by atoms with Crippen LogP contribution >= 0.6 is 11.6 Å². The number of anilines is 1. The first-order chi connectivity index (χ1) is 14.2. The predicted molar refractivity (Wildman–Crippen MR) is 118 cm³/mol. The van der Waals surface area contributed by atoms with Gasteiger partial charge in [-0.25, -0.2) is 4.79 Å². The van der Waals surface area contributed by atoms with Gasteiger partial charge in [0, 0.05) is 51.7 Å². The van der Waals surface area contributed by atoms with E-state index in [9.17, 15) is 9.18 Å². The SMILES string of the molecule is CC(C)(C)OC(=O)N1CC2CN(Cc3cccc(Cl)c3N3CC[C@H](CF)C3)CC2C1. The third kappa shape index (κ3) is 4.70. The second-order valence-electron chi connectivity index (χ2n) is 10.1. The lowest BCUT2D eigenvalue weighted by molar-refractivity contribution is 0.0274. The van der Waals surface area contributed by atoms with Crippen molar-refractivity contribution < 1.29 is 13.9 Å². The average Bonchev–Trinajstić information content (AvgIpc) is 3.35. The van der Waals surface area contributed by atoms with Crippen molar-refractivity contribution in [2.75, 3.05) is 50.8 Å². The number of halogens is 2. The fraction of sp³-hybridized carbons (Fsp3) is 0.696. The van der Waals surface area contributed by atoms with Crippen LogP contribution in [0.5, 0.6) is 0 Å². The van der Waals surface area contributed by atoms with E-state index in [2.05, 4.69) is 15.9 Å². The zero-order valence-corrected chi connectivity index (χ0v) is 19.0. The Morgan fingerprint density at radius 1 is 1.17 bits per heavy atom. The molecule has 0 bridgehead atoms. The summed E-state index contributed by atoms with van der Waals surface area (Å²) in [6.45, 7) is 11.4. The van der Waals surface area contributed by atoms with E-state index in [0.29, 0.717) is 11.8 Å². The van der Waals surface area contributed by atoms with Crippen molar-refractivity contribution in [2.24, 2.45) is 17.8 Å². The molecule has 7 heteroatoms. The highest BCUT2D eigenvalue weighted by Crippen LogP contribution is 2.37. The molecule has 1 aromatic rings. The molecular weight excluding hydrogens is 405 g/mol. The number of carbonyl (C=O) groups excluding carboxylic acids is 1. The first kappa shape index (κ1) is 21.7. The van der Waals surface area contributed by atoms with Crippen LogP contribution in [0.3, 0.4) is 0 Å². The van der Waals surface area contributed by atoms with Crippen molar-refractivity contribution in [2.45, 2.75) is 39.3 Å². The van der Waals surface area contributed by atoms with Crippen LogP contribution in [-0.4, -0.2) is 67.4 Å². The zero-order chi connectivity index (χ0) is 21.5. The second-order valence-corrected chi connectivity index (χ2v) is 10.5. The summed E-state index contributed by atoms with van der Waals surface area (Å²) in [6.07, 6.45) is 0.687. The molecule has 0 saturated carbocycles. The van der Waals surface area contributed by atoms with E-state index in [4.69, 9.17) is 16.3 Å². The lowest BCUT2D eigenvalue weighted by atomic mass is 10.0. The number of hydrogen-bond donors (Lipinski definition) is 0. The summed E-state index contributed by atoms with van der Waals surface area (Å²) >= 11 is 6.58. The van der Waals surface area contributed by atoms with Gasteiger partial charge in [0.25, 0.3) is 0 Å². The van der Waals surface area contributed by atoms with Gasteiger partial charge in [0.05, 0.1) is 17.4 Å². The molecule has 3 atom stereocenters. The van der Waals surface area contributed by atoms with Crippen LogP contribution < -0.4 is 4.90 Å². The summed E-state index contributed by atoms with van der Waals surface area (Å²) < 4.78 is 18.7. The smallest absolute Gasteiger partial charge is 0.410 e. The van der Waals surface area contributed by atoms with Crippen LogP contribution in [0.15, 0.2) is 18.2 Å². The van der Waals surface area contributed by atoms with Gasteiger partial charge in [0.2, 0.25) is 0 Å². The van der Waals surface area contributed by atoms with Crippen molar-refractivity contribution in [1.29, 1.82) is 0 Å². The molecule has 1 aromatic carbocycles. The molecule has 3 aliphatic rings. The molecule has 3 saturated heterocycles. The minimum atomic E-state index is -0.458. The number of fused-ring (bicyclic) bond motifs is 1. The average molecular weight is 438 g/mol. The molecule has 0 N–H and O–H groups in total. The molecule has 30 heavy (non-hydrogen) atoms. The lowest BCUT2D eigenvalue weighted by Gasteiger charge is -2.27. The molecule has 1 amide bonds. The van der Waals surface area contributed by atoms with Gasteiger partial charge >= 0.3 is 6.09 Å². The van der Waals surface area contributed by atoms with E-state index >= 15 is 0 Å². The van der Waals surface area contributed by atoms with E-state index < -0.39 is 5.60 Å². The molecule has 3 aliphatic heterocycles. The summed E-state index contributed by atoms with van der Waals surface area (Å²) in [6, 6.07) is 6.08. The number of nitrogens with zero attached hydrogens (tertiary/aromatic N) is 3. The quantitative estimate of drug-likeness (QED) is 0.697. The summed E-state index contributed by atoms with van der Waals surface area (Å²) in [5.74, 6) is 1.09. The first-order valence-electron chi connectivity index (χ1n) is 11.0. The molecule has 0 aliphatic carbocycles. The number of hydrogen-bond acceptors (Lipinski definition) is 4. The molecule has 0 radical (unpaired) electrons. The van der Waals surface area contributed by atoms with E-state index in [1.165, 1.54) is 5.56 Å². The standard InChI is InChI=1S/C23H33ClFN3O2/c1-23(2,3)30-22(29)28-14-18-12-26(13-19(18)15-28)11-17-5-4-6-20(24)21(17)27-8-7-16(9-25)10-27/h4-6,16,18-19H,7-15H2,1-3H3/t16-,18?,19?/m1/s1. The minimum absolute atomic E-state index is 0.110. The fourth-order valence-corrected chi connectivity index (χ4v) is 5.45. The Kier molecular flexibility index (Phi) is 6.18. The largest absolute Gasteiger partial charge is 0.444 e. The van der Waals surface area contributed by atoms with Crippen LogP contribution in [-0.2, 0) is 11.3 Å². The molecule has 2 unspecified atom stereocenters. The van der Waals surface area contributed by atoms with Crippen molar-refractivity contribution >= 4 is 23.4 Å². The molecule has 3 fully saturated rings. The Balaban J connectivity index is 1.38. The van der Waals surface area contributed by atoms with E-state index in [-0.39, 0.29) is 18.7 Å². The topological polar surface area (TPSA) is 36.0 Å². The maximum absolute atomic E-state index is 13.1. The molecular formula is C23H33ClFN3O2. The van der Waals surface area contributed by atoms with E-state index in [1.54, 1.807) is 0 Å². The number of ether oxygens (including phenoxy) is 1. The van der Waals surface area contributed by atoms with Gasteiger partial charge in [-0.3, -0.25) is 9.29 Å². The van der Waals surface area contributed by atoms with Crippen molar-refractivity contribution in [1.82, 2.24) is 9.80 Å². The van der Waals surface area contributed by atoms with E-state index in [1.807, 2.05) is 37.8 Å². The van der Waals surface area contributed by atoms with Crippen LogP contribution in [0.4, 0.5) is 14.9 Å². The maximum Gasteiger partial charge on any atom is 0.410 e. The second kappa shape index (κ2) is 8.54.